The van der Waals surface area contributed by atoms with Crippen LogP contribution in [0.3, 0.4) is 0 Å². The molecule has 1 spiro atoms. The standard InChI is InChI=1S/C14H18O2S2/c15-13-9-3-1-4-10-12(9)11(16-13)5-6-14(10)17-7-2-8-18-14/h4,9,11-12H,1-3,5-8H2/t9-,11+,12-/m0/s1. The van der Waals surface area contributed by atoms with Crippen molar-refractivity contribution >= 4 is 29.5 Å². The van der Waals surface area contributed by atoms with Crippen LogP contribution in [-0.4, -0.2) is 27.7 Å². The highest BCUT2D eigenvalue weighted by Gasteiger charge is 2.56. The van der Waals surface area contributed by atoms with E-state index in [4.69, 9.17) is 4.74 Å². The smallest absolute Gasteiger partial charge is 0.309 e. The molecular weight excluding hydrogens is 264 g/mol. The van der Waals surface area contributed by atoms with Crippen LogP contribution >= 0.6 is 23.5 Å². The van der Waals surface area contributed by atoms with Crippen LogP contribution in [0.4, 0.5) is 0 Å². The summed E-state index contributed by atoms with van der Waals surface area (Å²) in [4.78, 5) is 12.0. The minimum Gasteiger partial charge on any atom is -0.461 e. The van der Waals surface area contributed by atoms with E-state index < -0.39 is 0 Å². The van der Waals surface area contributed by atoms with Gasteiger partial charge in [-0.2, -0.15) is 0 Å². The molecule has 2 aliphatic heterocycles. The highest BCUT2D eigenvalue weighted by Crippen LogP contribution is 2.60. The maximum Gasteiger partial charge on any atom is 0.309 e. The normalized spacial score (nSPS) is 41.2. The van der Waals surface area contributed by atoms with Crippen molar-refractivity contribution in [3.05, 3.63) is 11.6 Å². The number of thioether (sulfide) groups is 2. The molecule has 0 N–H and O–H groups in total. The maximum absolute atomic E-state index is 12.0. The van der Waals surface area contributed by atoms with Crippen molar-refractivity contribution in [2.45, 2.75) is 42.3 Å². The molecule has 0 radical (unpaired) electrons. The second-order valence-corrected chi connectivity index (χ2v) is 8.73. The van der Waals surface area contributed by atoms with Crippen LogP contribution in [0, 0.1) is 11.8 Å². The fourth-order valence-electron chi connectivity index (χ4n) is 3.99. The number of rotatable bonds is 0. The van der Waals surface area contributed by atoms with Crippen molar-refractivity contribution in [2.24, 2.45) is 11.8 Å². The maximum atomic E-state index is 12.0. The van der Waals surface area contributed by atoms with Gasteiger partial charge in [-0.3, -0.25) is 4.79 Å². The summed E-state index contributed by atoms with van der Waals surface area (Å²) in [6.07, 6.45) is 8.32. The van der Waals surface area contributed by atoms with Gasteiger partial charge in [-0.05, 0) is 49.2 Å². The molecule has 4 aliphatic rings. The van der Waals surface area contributed by atoms with Crippen molar-refractivity contribution in [2.75, 3.05) is 11.5 Å². The highest BCUT2D eigenvalue weighted by atomic mass is 32.2. The minimum atomic E-state index is 0.0819. The number of hydrogen-bond acceptors (Lipinski definition) is 4. The van der Waals surface area contributed by atoms with Gasteiger partial charge < -0.3 is 4.74 Å². The SMILES string of the molecule is O=C1O[C@@H]2CCC3(SCCCS3)C3=CCC[C@H]1[C@@H]32. The van der Waals surface area contributed by atoms with Gasteiger partial charge in [-0.25, -0.2) is 0 Å². The Labute approximate surface area is 116 Å². The summed E-state index contributed by atoms with van der Waals surface area (Å²) in [7, 11) is 0. The first-order valence-electron chi connectivity index (χ1n) is 6.99. The van der Waals surface area contributed by atoms with Crippen molar-refractivity contribution in [3.63, 3.8) is 0 Å². The zero-order chi connectivity index (χ0) is 12.2. The summed E-state index contributed by atoms with van der Waals surface area (Å²) in [6.45, 7) is 0. The zero-order valence-electron chi connectivity index (χ0n) is 10.4. The molecule has 0 unspecified atom stereocenters. The molecule has 2 aliphatic carbocycles. The first kappa shape index (κ1) is 11.7. The largest absolute Gasteiger partial charge is 0.461 e. The molecule has 0 bridgehead atoms. The Kier molecular flexibility index (Phi) is 2.74. The molecular formula is C14H18O2S2. The van der Waals surface area contributed by atoms with Gasteiger partial charge in [0.15, 0.2) is 0 Å². The van der Waals surface area contributed by atoms with Gasteiger partial charge in [0.05, 0.1) is 10.00 Å². The van der Waals surface area contributed by atoms with E-state index in [1.165, 1.54) is 24.3 Å². The Morgan fingerprint density at radius 2 is 2.11 bits per heavy atom. The molecule has 1 saturated carbocycles. The van der Waals surface area contributed by atoms with Crippen LogP contribution in [-0.2, 0) is 9.53 Å². The number of carbonyl (C=O) groups is 1. The summed E-state index contributed by atoms with van der Waals surface area (Å²) in [5, 5.41) is 0. The van der Waals surface area contributed by atoms with Gasteiger partial charge in [0.1, 0.15) is 6.10 Å². The van der Waals surface area contributed by atoms with Gasteiger partial charge in [0.2, 0.25) is 0 Å². The summed E-state index contributed by atoms with van der Waals surface area (Å²) in [6, 6.07) is 0. The Bertz CT molecular complexity index is 412. The van der Waals surface area contributed by atoms with E-state index in [1.807, 2.05) is 0 Å². The number of ether oxygens (including phenoxy) is 1. The molecule has 18 heavy (non-hydrogen) atoms. The summed E-state index contributed by atoms with van der Waals surface area (Å²) in [5.74, 6) is 3.23. The van der Waals surface area contributed by atoms with Crippen LogP contribution < -0.4 is 0 Å². The predicted octanol–water partition coefficient (Wildman–Crippen LogP) is 3.22. The lowest BCUT2D eigenvalue weighted by Gasteiger charge is -2.47. The molecule has 0 amide bonds. The van der Waals surface area contributed by atoms with E-state index in [9.17, 15) is 4.79 Å². The van der Waals surface area contributed by atoms with Crippen molar-refractivity contribution in [3.8, 4) is 0 Å². The molecule has 3 atom stereocenters. The molecule has 0 aromatic carbocycles. The van der Waals surface area contributed by atoms with Crippen LogP contribution in [0.2, 0.25) is 0 Å². The number of esters is 1. The van der Waals surface area contributed by atoms with E-state index >= 15 is 0 Å². The third-order valence-corrected chi connectivity index (χ3v) is 8.27. The Balaban J connectivity index is 1.73. The van der Waals surface area contributed by atoms with E-state index in [-0.39, 0.29) is 18.0 Å². The second-order valence-electron chi connectivity index (χ2n) is 5.69. The van der Waals surface area contributed by atoms with Crippen molar-refractivity contribution in [1.29, 1.82) is 0 Å². The molecule has 3 fully saturated rings. The Morgan fingerprint density at radius 3 is 2.94 bits per heavy atom. The van der Waals surface area contributed by atoms with Gasteiger partial charge in [-0.15, -0.1) is 23.5 Å². The molecule has 2 heterocycles. The third kappa shape index (κ3) is 1.54. The van der Waals surface area contributed by atoms with Gasteiger partial charge in [-0.1, -0.05) is 6.08 Å². The molecule has 0 aromatic rings. The molecule has 4 heteroatoms. The van der Waals surface area contributed by atoms with E-state index in [2.05, 4.69) is 29.6 Å². The lowest BCUT2D eigenvalue weighted by atomic mass is 9.71. The lowest BCUT2D eigenvalue weighted by molar-refractivity contribution is -0.144. The van der Waals surface area contributed by atoms with Crippen LogP contribution in [0.1, 0.15) is 32.1 Å². The fourth-order valence-corrected chi connectivity index (χ4v) is 7.54. The molecule has 0 aromatic heterocycles. The van der Waals surface area contributed by atoms with E-state index in [1.54, 1.807) is 5.57 Å². The Morgan fingerprint density at radius 1 is 1.28 bits per heavy atom. The number of hydrogen-bond donors (Lipinski definition) is 0. The van der Waals surface area contributed by atoms with Crippen molar-refractivity contribution in [1.82, 2.24) is 0 Å². The predicted molar refractivity (Wildman–Crippen MR) is 75.7 cm³/mol. The van der Waals surface area contributed by atoms with E-state index in [0.717, 1.165) is 19.3 Å². The van der Waals surface area contributed by atoms with Gasteiger partial charge in [0, 0.05) is 5.92 Å². The fraction of sp³-hybridized carbons (Fsp3) is 0.786. The minimum absolute atomic E-state index is 0.0819. The third-order valence-electron chi connectivity index (χ3n) is 4.76. The topological polar surface area (TPSA) is 26.3 Å². The van der Waals surface area contributed by atoms with Crippen LogP contribution in [0.5, 0.6) is 0 Å². The van der Waals surface area contributed by atoms with Crippen molar-refractivity contribution < 1.29 is 9.53 Å². The quantitative estimate of drug-likeness (QED) is 0.503. The van der Waals surface area contributed by atoms with E-state index in [0.29, 0.717) is 10.00 Å². The summed E-state index contributed by atoms with van der Waals surface area (Å²) in [5.41, 5.74) is 1.57. The molecule has 98 valence electrons. The van der Waals surface area contributed by atoms with Gasteiger partial charge >= 0.3 is 5.97 Å². The second kappa shape index (κ2) is 4.20. The summed E-state index contributed by atoms with van der Waals surface area (Å²) >= 11 is 4.27. The van der Waals surface area contributed by atoms with Crippen LogP contribution in [0.15, 0.2) is 11.6 Å². The van der Waals surface area contributed by atoms with Crippen LogP contribution in [0.25, 0.3) is 0 Å². The highest BCUT2D eigenvalue weighted by molar-refractivity contribution is 8.19. The molecule has 2 saturated heterocycles. The van der Waals surface area contributed by atoms with Gasteiger partial charge in [0.25, 0.3) is 0 Å². The lowest BCUT2D eigenvalue weighted by Crippen LogP contribution is -2.43. The average Bonchev–Trinajstić information content (AvgIpc) is 2.74. The Hall–Kier alpha value is -0.0900. The summed E-state index contributed by atoms with van der Waals surface area (Å²) < 4.78 is 5.91. The number of carbonyl (C=O) groups excluding carboxylic acids is 1. The average molecular weight is 282 g/mol. The zero-order valence-corrected chi connectivity index (χ0v) is 12.0. The number of fused-ring (bicyclic) bond motifs is 1. The first-order chi connectivity index (χ1) is 8.80. The monoisotopic (exact) mass is 282 g/mol. The molecule has 2 nitrogen and oxygen atoms in total. The first-order valence-corrected chi connectivity index (χ1v) is 8.96. The molecule has 4 rings (SSSR count). The number of allylic oxidation sites excluding steroid dienone is 1.